The highest BCUT2D eigenvalue weighted by atomic mass is 79.9. The molecular weight excluding hydrogens is 306 g/mol. The SMILES string of the molecule is CC1(C)CC1CNCC(O)COc1cccc(Br)c1. The van der Waals surface area contributed by atoms with Crippen molar-refractivity contribution in [2.75, 3.05) is 19.7 Å². The van der Waals surface area contributed by atoms with E-state index in [1.165, 1.54) is 6.42 Å². The number of halogens is 1. The first-order chi connectivity index (χ1) is 8.97. The van der Waals surface area contributed by atoms with Gasteiger partial charge in [0.15, 0.2) is 0 Å². The molecule has 2 unspecified atom stereocenters. The molecule has 19 heavy (non-hydrogen) atoms. The summed E-state index contributed by atoms with van der Waals surface area (Å²) < 4.78 is 6.52. The number of benzene rings is 1. The topological polar surface area (TPSA) is 41.5 Å². The maximum Gasteiger partial charge on any atom is 0.120 e. The molecule has 0 saturated heterocycles. The van der Waals surface area contributed by atoms with E-state index >= 15 is 0 Å². The smallest absolute Gasteiger partial charge is 0.120 e. The predicted molar refractivity (Wildman–Crippen MR) is 80.4 cm³/mol. The first-order valence-electron chi connectivity index (χ1n) is 6.74. The molecule has 1 aliphatic rings. The van der Waals surface area contributed by atoms with E-state index in [2.05, 4.69) is 35.1 Å². The zero-order valence-electron chi connectivity index (χ0n) is 11.5. The first kappa shape index (κ1) is 14.8. The molecule has 4 heteroatoms. The van der Waals surface area contributed by atoms with Crippen molar-refractivity contribution in [1.29, 1.82) is 0 Å². The number of aliphatic hydroxyl groups excluding tert-OH is 1. The standard InChI is InChI=1S/C15H22BrNO2/c1-15(2)7-11(15)8-17-9-13(18)10-19-14-5-3-4-12(16)6-14/h3-6,11,13,17-18H,7-10H2,1-2H3. The van der Waals surface area contributed by atoms with Crippen molar-refractivity contribution in [3.63, 3.8) is 0 Å². The molecule has 1 fully saturated rings. The summed E-state index contributed by atoms with van der Waals surface area (Å²) in [4.78, 5) is 0. The minimum absolute atomic E-state index is 0.317. The molecule has 0 spiro atoms. The molecule has 2 rings (SSSR count). The van der Waals surface area contributed by atoms with Crippen molar-refractivity contribution < 1.29 is 9.84 Å². The Hall–Kier alpha value is -0.580. The van der Waals surface area contributed by atoms with E-state index in [1.54, 1.807) is 0 Å². The van der Waals surface area contributed by atoms with E-state index in [4.69, 9.17) is 4.74 Å². The number of ether oxygens (including phenoxy) is 1. The van der Waals surface area contributed by atoms with E-state index in [0.29, 0.717) is 18.6 Å². The fraction of sp³-hybridized carbons (Fsp3) is 0.600. The Morgan fingerprint density at radius 1 is 1.53 bits per heavy atom. The predicted octanol–water partition coefficient (Wildman–Crippen LogP) is 2.82. The van der Waals surface area contributed by atoms with Gasteiger partial charge in [-0.1, -0.05) is 35.8 Å². The van der Waals surface area contributed by atoms with Gasteiger partial charge in [-0.25, -0.2) is 0 Å². The van der Waals surface area contributed by atoms with E-state index in [1.807, 2.05) is 24.3 Å². The fourth-order valence-electron chi connectivity index (χ4n) is 2.16. The summed E-state index contributed by atoms with van der Waals surface area (Å²) >= 11 is 3.39. The molecule has 0 heterocycles. The van der Waals surface area contributed by atoms with Gasteiger partial charge in [-0.2, -0.15) is 0 Å². The van der Waals surface area contributed by atoms with Gasteiger partial charge in [-0.3, -0.25) is 0 Å². The number of hydrogen-bond acceptors (Lipinski definition) is 3. The van der Waals surface area contributed by atoms with Crippen molar-refractivity contribution >= 4 is 15.9 Å². The average Bonchev–Trinajstić information content (AvgIpc) is 2.95. The Morgan fingerprint density at radius 2 is 2.26 bits per heavy atom. The van der Waals surface area contributed by atoms with Crippen LogP contribution in [0.2, 0.25) is 0 Å². The van der Waals surface area contributed by atoms with Gasteiger partial charge in [-0.15, -0.1) is 0 Å². The molecule has 1 aromatic carbocycles. The molecule has 2 N–H and O–H groups in total. The van der Waals surface area contributed by atoms with E-state index < -0.39 is 6.10 Å². The highest BCUT2D eigenvalue weighted by molar-refractivity contribution is 9.10. The molecule has 1 saturated carbocycles. The lowest BCUT2D eigenvalue weighted by Gasteiger charge is -2.14. The lowest BCUT2D eigenvalue weighted by molar-refractivity contribution is 0.106. The molecule has 0 aliphatic heterocycles. The van der Waals surface area contributed by atoms with Crippen LogP contribution in [0.25, 0.3) is 0 Å². The Morgan fingerprint density at radius 3 is 2.89 bits per heavy atom. The zero-order valence-corrected chi connectivity index (χ0v) is 13.1. The summed E-state index contributed by atoms with van der Waals surface area (Å²) in [5.74, 6) is 1.53. The van der Waals surface area contributed by atoms with Crippen molar-refractivity contribution in [3.8, 4) is 5.75 Å². The molecule has 0 bridgehead atoms. The van der Waals surface area contributed by atoms with Gasteiger partial charge >= 0.3 is 0 Å². The zero-order chi connectivity index (χ0) is 13.9. The number of aliphatic hydroxyl groups is 1. The van der Waals surface area contributed by atoms with Crippen LogP contribution in [0.15, 0.2) is 28.7 Å². The molecule has 0 aromatic heterocycles. The number of hydrogen-bond donors (Lipinski definition) is 2. The first-order valence-corrected chi connectivity index (χ1v) is 7.54. The normalized spacial score (nSPS) is 22.0. The molecule has 1 aromatic rings. The summed E-state index contributed by atoms with van der Waals surface area (Å²) in [6.45, 7) is 6.46. The summed E-state index contributed by atoms with van der Waals surface area (Å²) in [6.07, 6.45) is 0.811. The third-order valence-electron chi connectivity index (χ3n) is 3.73. The number of rotatable bonds is 7. The van der Waals surface area contributed by atoms with Crippen LogP contribution in [0.3, 0.4) is 0 Å². The van der Waals surface area contributed by atoms with E-state index in [0.717, 1.165) is 22.7 Å². The Labute approximate surface area is 123 Å². The van der Waals surface area contributed by atoms with Crippen LogP contribution < -0.4 is 10.1 Å². The van der Waals surface area contributed by atoms with Gasteiger partial charge < -0.3 is 15.2 Å². The lowest BCUT2D eigenvalue weighted by atomic mass is 10.1. The maximum atomic E-state index is 9.84. The van der Waals surface area contributed by atoms with Crippen molar-refractivity contribution in [2.24, 2.45) is 11.3 Å². The maximum absolute atomic E-state index is 9.84. The molecule has 3 nitrogen and oxygen atoms in total. The molecule has 0 amide bonds. The molecule has 1 aliphatic carbocycles. The molecular formula is C15H22BrNO2. The Balaban J connectivity index is 1.61. The number of nitrogens with one attached hydrogen (secondary N) is 1. The quantitative estimate of drug-likeness (QED) is 0.809. The van der Waals surface area contributed by atoms with Crippen LogP contribution in [0.5, 0.6) is 5.75 Å². The molecule has 106 valence electrons. The second-order valence-electron chi connectivity index (χ2n) is 5.97. The Kier molecular flexibility index (Phi) is 4.87. The van der Waals surface area contributed by atoms with Crippen molar-refractivity contribution in [3.05, 3.63) is 28.7 Å². The second-order valence-corrected chi connectivity index (χ2v) is 6.89. The van der Waals surface area contributed by atoms with Crippen LogP contribution in [0.4, 0.5) is 0 Å². The lowest BCUT2D eigenvalue weighted by Crippen LogP contribution is -2.33. The Bertz CT molecular complexity index is 422. The fourth-order valence-corrected chi connectivity index (χ4v) is 2.54. The minimum atomic E-state index is -0.471. The third-order valence-corrected chi connectivity index (χ3v) is 4.22. The summed E-state index contributed by atoms with van der Waals surface area (Å²) in [5.41, 5.74) is 0.491. The van der Waals surface area contributed by atoms with Gasteiger partial charge in [0.2, 0.25) is 0 Å². The van der Waals surface area contributed by atoms with Crippen LogP contribution in [0.1, 0.15) is 20.3 Å². The van der Waals surface area contributed by atoms with Gasteiger partial charge in [0.1, 0.15) is 18.5 Å². The summed E-state index contributed by atoms with van der Waals surface area (Å²) in [7, 11) is 0. The average molecular weight is 328 g/mol. The second kappa shape index (κ2) is 6.25. The van der Waals surface area contributed by atoms with E-state index in [-0.39, 0.29) is 0 Å². The summed E-state index contributed by atoms with van der Waals surface area (Å²) in [5, 5.41) is 13.2. The van der Waals surface area contributed by atoms with Crippen molar-refractivity contribution in [2.45, 2.75) is 26.4 Å². The van der Waals surface area contributed by atoms with E-state index in [9.17, 15) is 5.11 Å². The largest absolute Gasteiger partial charge is 0.491 e. The monoisotopic (exact) mass is 327 g/mol. The van der Waals surface area contributed by atoms with Gasteiger partial charge in [0.05, 0.1) is 0 Å². The minimum Gasteiger partial charge on any atom is -0.491 e. The van der Waals surface area contributed by atoms with Crippen LogP contribution in [0, 0.1) is 11.3 Å². The highest BCUT2D eigenvalue weighted by Gasteiger charge is 2.44. The molecule has 0 radical (unpaired) electrons. The highest BCUT2D eigenvalue weighted by Crippen LogP contribution is 2.50. The van der Waals surface area contributed by atoms with Crippen LogP contribution in [-0.2, 0) is 0 Å². The van der Waals surface area contributed by atoms with Gasteiger partial charge in [-0.05, 0) is 42.5 Å². The van der Waals surface area contributed by atoms with Gasteiger partial charge in [0, 0.05) is 11.0 Å². The van der Waals surface area contributed by atoms with Crippen LogP contribution >= 0.6 is 15.9 Å². The molecule has 2 atom stereocenters. The van der Waals surface area contributed by atoms with Gasteiger partial charge in [0.25, 0.3) is 0 Å². The van der Waals surface area contributed by atoms with Crippen molar-refractivity contribution in [1.82, 2.24) is 5.32 Å². The van der Waals surface area contributed by atoms with Crippen LogP contribution in [-0.4, -0.2) is 30.9 Å². The third kappa shape index (κ3) is 4.79. The summed E-state index contributed by atoms with van der Waals surface area (Å²) in [6, 6.07) is 7.64.